The minimum absolute atomic E-state index is 0.0345. The Morgan fingerprint density at radius 2 is 2.32 bits per heavy atom. The summed E-state index contributed by atoms with van der Waals surface area (Å²) in [5.74, 6) is -0.325. The number of thiophene rings is 1. The zero-order valence-corrected chi connectivity index (χ0v) is 13.1. The Bertz CT molecular complexity index is 636. The lowest BCUT2D eigenvalue weighted by Crippen LogP contribution is -2.46. The fourth-order valence-electron chi connectivity index (χ4n) is 2.79. The topological polar surface area (TPSA) is 62.6 Å². The Kier molecular flexibility index (Phi) is 4.29. The number of rotatable bonds is 4. The highest BCUT2D eigenvalue weighted by molar-refractivity contribution is 7.10. The Labute approximate surface area is 132 Å². The Morgan fingerprint density at radius 1 is 1.45 bits per heavy atom. The Hall–Kier alpha value is -2.08. The number of likely N-dealkylation sites (tertiary alicyclic amines) is 1. The summed E-state index contributed by atoms with van der Waals surface area (Å²) in [7, 11) is 0. The van der Waals surface area contributed by atoms with Crippen LogP contribution in [0.3, 0.4) is 0 Å². The van der Waals surface area contributed by atoms with Crippen LogP contribution in [0.25, 0.3) is 0 Å². The van der Waals surface area contributed by atoms with Gasteiger partial charge in [0.25, 0.3) is 5.91 Å². The lowest BCUT2D eigenvalue weighted by Gasteiger charge is -2.27. The molecule has 116 valence electrons. The van der Waals surface area contributed by atoms with Gasteiger partial charge in [-0.1, -0.05) is 6.07 Å². The lowest BCUT2D eigenvalue weighted by molar-refractivity contribution is -0.133. The molecule has 0 aliphatic carbocycles. The van der Waals surface area contributed by atoms with Crippen LogP contribution in [0.2, 0.25) is 0 Å². The van der Waals surface area contributed by atoms with Crippen LogP contribution in [0.1, 0.15) is 41.0 Å². The minimum atomic E-state index is -0.553. The van der Waals surface area contributed by atoms with Gasteiger partial charge in [0.05, 0.1) is 17.9 Å². The van der Waals surface area contributed by atoms with Crippen molar-refractivity contribution >= 4 is 23.2 Å². The van der Waals surface area contributed by atoms with E-state index in [9.17, 15) is 9.59 Å². The van der Waals surface area contributed by atoms with Crippen molar-refractivity contribution in [2.45, 2.75) is 31.8 Å². The molecule has 0 radical (unpaired) electrons. The molecule has 1 aliphatic rings. The van der Waals surface area contributed by atoms with Gasteiger partial charge in [0.15, 0.2) is 0 Å². The summed E-state index contributed by atoms with van der Waals surface area (Å²) < 4.78 is 4.89. The van der Waals surface area contributed by atoms with Gasteiger partial charge >= 0.3 is 0 Å². The summed E-state index contributed by atoms with van der Waals surface area (Å²) in [4.78, 5) is 27.7. The van der Waals surface area contributed by atoms with Crippen LogP contribution in [0, 0.1) is 0 Å². The predicted octanol–water partition coefficient (Wildman–Crippen LogP) is 2.82. The number of nitrogens with zero attached hydrogens (tertiary/aromatic N) is 1. The maximum Gasteiger partial charge on any atom is 0.255 e. The van der Waals surface area contributed by atoms with Crippen LogP contribution in [0.5, 0.6) is 0 Å². The third-order valence-corrected chi connectivity index (χ3v) is 4.88. The standard InChI is InChI=1S/C16H18N2O3S/c1-11(17-15(19)12-6-8-21-10-12)16(20)18-7-2-4-13(18)14-5-3-9-22-14/h3,5-6,8-11,13H,2,4,7H2,1H3,(H,17,19)/t11-,13-/m1/s1. The average Bonchev–Trinajstić information content (AvgIpc) is 3.26. The lowest BCUT2D eigenvalue weighted by atomic mass is 10.1. The molecule has 1 fully saturated rings. The molecule has 1 N–H and O–H groups in total. The second-order valence-electron chi connectivity index (χ2n) is 5.41. The molecule has 2 atom stereocenters. The fourth-order valence-corrected chi connectivity index (χ4v) is 3.66. The average molecular weight is 318 g/mol. The van der Waals surface area contributed by atoms with Crippen molar-refractivity contribution in [3.05, 3.63) is 46.5 Å². The molecule has 0 bridgehead atoms. The molecule has 6 heteroatoms. The molecule has 0 aromatic carbocycles. The molecule has 1 saturated heterocycles. The molecule has 0 unspecified atom stereocenters. The van der Waals surface area contributed by atoms with E-state index in [-0.39, 0.29) is 17.9 Å². The molecule has 3 rings (SSSR count). The maximum absolute atomic E-state index is 12.6. The summed E-state index contributed by atoms with van der Waals surface area (Å²) in [6.07, 6.45) is 4.79. The van der Waals surface area contributed by atoms with Crippen molar-refractivity contribution in [1.29, 1.82) is 0 Å². The van der Waals surface area contributed by atoms with Crippen molar-refractivity contribution in [3.63, 3.8) is 0 Å². The zero-order valence-electron chi connectivity index (χ0n) is 12.3. The molecule has 0 spiro atoms. The number of hydrogen-bond donors (Lipinski definition) is 1. The van der Waals surface area contributed by atoms with Crippen LogP contribution in [-0.4, -0.2) is 29.3 Å². The minimum Gasteiger partial charge on any atom is -0.472 e. The zero-order chi connectivity index (χ0) is 15.5. The number of carbonyl (C=O) groups is 2. The van der Waals surface area contributed by atoms with Gasteiger partial charge in [-0.2, -0.15) is 0 Å². The van der Waals surface area contributed by atoms with Gasteiger partial charge in [-0.05, 0) is 37.3 Å². The maximum atomic E-state index is 12.6. The summed E-state index contributed by atoms with van der Waals surface area (Å²) in [5, 5.41) is 4.77. The highest BCUT2D eigenvalue weighted by Crippen LogP contribution is 2.34. The number of amides is 2. The van der Waals surface area contributed by atoms with Gasteiger partial charge in [-0.3, -0.25) is 9.59 Å². The molecule has 22 heavy (non-hydrogen) atoms. The molecule has 5 nitrogen and oxygen atoms in total. The summed E-state index contributed by atoms with van der Waals surface area (Å²) in [6, 6.07) is 5.24. The number of hydrogen-bond acceptors (Lipinski definition) is 4. The highest BCUT2D eigenvalue weighted by atomic mass is 32.1. The largest absolute Gasteiger partial charge is 0.472 e. The number of furan rings is 1. The van der Waals surface area contributed by atoms with Gasteiger partial charge in [-0.25, -0.2) is 0 Å². The first-order valence-electron chi connectivity index (χ1n) is 7.34. The van der Waals surface area contributed by atoms with Crippen LogP contribution >= 0.6 is 11.3 Å². The van der Waals surface area contributed by atoms with Crippen LogP contribution < -0.4 is 5.32 Å². The van der Waals surface area contributed by atoms with E-state index < -0.39 is 6.04 Å². The molecular weight excluding hydrogens is 300 g/mol. The van der Waals surface area contributed by atoms with E-state index in [0.717, 1.165) is 19.4 Å². The molecule has 0 saturated carbocycles. The van der Waals surface area contributed by atoms with Crippen molar-refractivity contribution in [3.8, 4) is 0 Å². The van der Waals surface area contributed by atoms with E-state index in [1.54, 1.807) is 24.3 Å². The van der Waals surface area contributed by atoms with E-state index in [2.05, 4.69) is 11.4 Å². The van der Waals surface area contributed by atoms with E-state index in [1.165, 1.54) is 17.4 Å². The number of carbonyl (C=O) groups excluding carboxylic acids is 2. The Morgan fingerprint density at radius 3 is 3.00 bits per heavy atom. The van der Waals surface area contributed by atoms with Gasteiger partial charge in [0, 0.05) is 11.4 Å². The second-order valence-corrected chi connectivity index (χ2v) is 6.39. The van der Waals surface area contributed by atoms with Crippen molar-refractivity contribution in [1.82, 2.24) is 10.2 Å². The monoisotopic (exact) mass is 318 g/mol. The molecule has 1 aliphatic heterocycles. The van der Waals surface area contributed by atoms with Crippen molar-refractivity contribution < 1.29 is 14.0 Å². The smallest absolute Gasteiger partial charge is 0.255 e. The quantitative estimate of drug-likeness (QED) is 0.943. The van der Waals surface area contributed by atoms with Gasteiger partial charge in [-0.15, -0.1) is 11.3 Å². The van der Waals surface area contributed by atoms with Crippen LogP contribution in [0.4, 0.5) is 0 Å². The molecular formula is C16H18N2O3S. The first-order chi connectivity index (χ1) is 10.7. The van der Waals surface area contributed by atoms with Gasteiger partial charge in [0.1, 0.15) is 12.3 Å². The molecule has 3 heterocycles. The second kappa shape index (κ2) is 6.36. The highest BCUT2D eigenvalue weighted by Gasteiger charge is 2.33. The van der Waals surface area contributed by atoms with E-state index in [4.69, 9.17) is 4.42 Å². The van der Waals surface area contributed by atoms with Gasteiger partial charge in [0.2, 0.25) is 5.91 Å². The van der Waals surface area contributed by atoms with Crippen LogP contribution in [0.15, 0.2) is 40.5 Å². The number of nitrogens with one attached hydrogen (secondary N) is 1. The van der Waals surface area contributed by atoms with E-state index >= 15 is 0 Å². The van der Waals surface area contributed by atoms with Crippen molar-refractivity contribution in [2.24, 2.45) is 0 Å². The first kappa shape index (κ1) is 14.8. The third kappa shape index (κ3) is 2.92. The first-order valence-corrected chi connectivity index (χ1v) is 8.21. The SMILES string of the molecule is C[C@@H](NC(=O)c1ccoc1)C(=O)N1CCC[C@@H]1c1cccs1. The van der Waals surface area contributed by atoms with Crippen molar-refractivity contribution in [2.75, 3.05) is 6.54 Å². The molecule has 2 amide bonds. The van der Waals surface area contributed by atoms with Gasteiger partial charge < -0.3 is 14.6 Å². The van der Waals surface area contributed by atoms with Crippen LogP contribution in [-0.2, 0) is 4.79 Å². The van der Waals surface area contributed by atoms with E-state index in [1.807, 2.05) is 16.3 Å². The normalized spacial score (nSPS) is 19.1. The third-order valence-electron chi connectivity index (χ3n) is 3.91. The summed E-state index contributed by atoms with van der Waals surface area (Å²) in [5.41, 5.74) is 0.427. The Balaban J connectivity index is 1.66. The summed E-state index contributed by atoms with van der Waals surface area (Å²) >= 11 is 1.67. The molecule has 2 aromatic heterocycles. The predicted molar refractivity (Wildman–Crippen MR) is 83.6 cm³/mol. The fraction of sp³-hybridized carbons (Fsp3) is 0.375. The molecule has 2 aromatic rings. The summed E-state index contributed by atoms with van der Waals surface area (Å²) in [6.45, 7) is 2.47. The van der Waals surface area contributed by atoms with E-state index in [0.29, 0.717) is 5.56 Å².